The molecule has 0 spiro atoms. The number of piperidine rings is 1. The van der Waals surface area contributed by atoms with E-state index < -0.39 is 0 Å². The highest BCUT2D eigenvalue weighted by Gasteiger charge is 2.20. The number of nitrogens with zero attached hydrogens (tertiary/aromatic N) is 2. The van der Waals surface area contributed by atoms with Gasteiger partial charge in [0.2, 0.25) is 0 Å². The van der Waals surface area contributed by atoms with Gasteiger partial charge in [-0.05, 0) is 75.4 Å². The van der Waals surface area contributed by atoms with Gasteiger partial charge in [0.1, 0.15) is 4.83 Å². The molecule has 0 saturated carbocycles. The second kappa shape index (κ2) is 7.65. The number of rotatable bonds is 3. The van der Waals surface area contributed by atoms with Crippen molar-refractivity contribution in [2.45, 2.75) is 48.9 Å². The molecule has 0 unspecified atom stereocenters. The molecule has 5 rings (SSSR count). The van der Waals surface area contributed by atoms with Crippen LogP contribution < -0.4 is 5.56 Å². The molecule has 0 atom stereocenters. The van der Waals surface area contributed by atoms with Crippen molar-refractivity contribution in [3.8, 4) is 11.1 Å². The highest BCUT2D eigenvalue weighted by Crippen LogP contribution is 2.35. The van der Waals surface area contributed by atoms with Gasteiger partial charge in [-0.25, -0.2) is 4.98 Å². The zero-order valence-corrected chi connectivity index (χ0v) is 17.8. The van der Waals surface area contributed by atoms with E-state index in [0.717, 1.165) is 58.9 Å². The second-order valence-electron chi connectivity index (χ2n) is 8.01. The molecule has 1 aromatic carbocycles. The number of likely N-dealkylation sites (tertiary alicyclic amines) is 1. The lowest BCUT2D eigenvalue weighted by atomic mass is 9.89. The van der Waals surface area contributed by atoms with Gasteiger partial charge >= 0.3 is 0 Å². The van der Waals surface area contributed by atoms with Crippen LogP contribution in [0.5, 0.6) is 0 Å². The van der Waals surface area contributed by atoms with Crippen LogP contribution in [0.2, 0.25) is 0 Å². The average Bonchev–Trinajstić information content (AvgIpc) is 3.14. The first-order chi connectivity index (χ1) is 13.7. The van der Waals surface area contributed by atoms with Crippen LogP contribution in [0.4, 0.5) is 0 Å². The first-order valence-corrected chi connectivity index (χ1v) is 11.9. The van der Waals surface area contributed by atoms with Gasteiger partial charge in [-0.15, -0.1) is 11.3 Å². The highest BCUT2D eigenvalue weighted by molar-refractivity contribution is 7.99. The molecule has 146 valence electrons. The molecule has 28 heavy (non-hydrogen) atoms. The predicted octanol–water partition coefficient (Wildman–Crippen LogP) is 4.72. The molecule has 1 fully saturated rings. The standard InChI is InChI=1S/C22H25N3OS2/c1-25-10-8-17(9-11-25)28-22-23-20(26)19-18(13-27-21(19)24-22)16-7-6-14-4-2-3-5-15(14)12-16/h6-7,12-13,17H,2-5,8-11H2,1H3,(H,23,24,26). The molecule has 6 heteroatoms. The number of fused-ring (bicyclic) bond motifs is 2. The highest BCUT2D eigenvalue weighted by atomic mass is 32.2. The third kappa shape index (κ3) is 3.53. The maximum Gasteiger partial charge on any atom is 0.260 e. The maximum atomic E-state index is 12.9. The van der Waals surface area contributed by atoms with Crippen molar-refractivity contribution in [2.24, 2.45) is 0 Å². The fraction of sp³-hybridized carbons (Fsp3) is 0.455. The number of aromatic amines is 1. The third-order valence-corrected chi connectivity index (χ3v) is 8.12. The van der Waals surface area contributed by atoms with Gasteiger partial charge in [0.05, 0.1) is 5.39 Å². The summed E-state index contributed by atoms with van der Waals surface area (Å²) >= 11 is 3.32. The van der Waals surface area contributed by atoms with Gasteiger partial charge in [0.15, 0.2) is 5.16 Å². The van der Waals surface area contributed by atoms with Crippen LogP contribution in [0, 0.1) is 0 Å². The molecule has 0 bridgehead atoms. The molecule has 1 saturated heterocycles. The zero-order valence-electron chi connectivity index (χ0n) is 16.2. The molecule has 0 amide bonds. The van der Waals surface area contributed by atoms with E-state index in [1.165, 1.54) is 30.4 Å². The molecule has 2 aromatic heterocycles. The van der Waals surface area contributed by atoms with E-state index in [-0.39, 0.29) is 5.56 Å². The van der Waals surface area contributed by atoms with E-state index in [9.17, 15) is 4.79 Å². The van der Waals surface area contributed by atoms with E-state index in [1.54, 1.807) is 23.1 Å². The summed E-state index contributed by atoms with van der Waals surface area (Å²) in [6.07, 6.45) is 7.17. The minimum absolute atomic E-state index is 0.00519. The van der Waals surface area contributed by atoms with Crippen LogP contribution in [0.15, 0.2) is 33.5 Å². The van der Waals surface area contributed by atoms with Crippen molar-refractivity contribution in [1.82, 2.24) is 14.9 Å². The summed E-state index contributed by atoms with van der Waals surface area (Å²) in [4.78, 5) is 24.0. The summed E-state index contributed by atoms with van der Waals surface area (Å²) in [5.74, 6) is 0. The van der Waals surface area contributed by atoms with Crippen LogP contribution in [0.3, 0.4) is 0 Å². The van der Waals surface area contributed by atoms with E-state index in [0.29, 0.717) is 5.25 Å². The van der Waals surface area contributed by atoms with Crippen LogP contribution in [-0.4, -0.2) is 40.3 Å². The molecule has 3 aromatic rings. The number of benzene rings is 1. The number of H-pyrrole nitrogens is 1. The van der Waals surface area contributed by atoms with Crippen molar-refractivity contribution >= 4 is 33.3 Å². The van der Waals surface area contributed by atoms with Gasteiger partial charge in [0.25, 0.3) is 5.56 Å². The lowest BCUT2D eigenvalue weighted by Gasteiger charge is -2.27. The van der Waals surface area contributed by atoms with Crippen LogP contribution >= 0.6 is 23.1 Å². The number of thiophene rings is 1. The van der Waals surface area contributed by atoms with E-state index in [2.05, 4.69) is 40.5 Å². The first kappa shape index (κ1) is 18.4. The Morgan fingerprint density at radius 2 is 1.96 bits per heavy atom. The lowest BCUT2D eigenvalue weighted by Crippen LogP contribution is -2.31. The Bertz CT molecular complexity index is 1060. The number of thioether (sulfide) groups is 1. The number of aryl methyl sites for hydroxylation is 2. The van der Waals surface area contributed by atoms with Crippen LogP contribution in [0.1, 0.15) is 36.8 Å². The summed E-state index contributed by atoms with van der Waals surface area (Å²) < 4.78 is 0. The lowest BCUT2D eigenvalue weighted by molar-refractivity contribution is 0.282. The van der Waals surface area contributed by atoms with Crippen molar-refractivity contribution in [3.05, 3.63) is 45.1 Å². The van der Waals surface area contributed by atoms with Crippen molar-refractivity contribution in [2.75, 3.05) is 20.1 Å². The van der Waals surface area contributed by atoms with Crippen LogP contribution in [-0.2, 0) is 12.8 Å². The molecule has 4 nitrogen and oxygen atoms in total. The molecule has 0 radical (unpaired) electrons. The van der Waals surface area contributed by atoms with E-state index in [4.69, 9.17) is 4.98 Å². The number of hydrogen-bond donors (Lipinski definition) is 1. The fourth-order valence-corrected chi connectivity index (χ4v) is 6.42. The Morgan fingerprint density at radius 3 is 2.79 bits per heavy atom. The predicted molar refractivity (Wildman–Crippen MR) is 119 cm³/mol. The Hall–Kier alpha value is -1.63. The number of hydrogen-bond acceptors (Lipinski definition) is 5. The molecule has 1 aliphatic heterocycles. The SMILES string of the molecule is CN1CCC(Sc2nc3scc(-c4ccc5c(c4)CCCC5)c3c(=O)[nH]2)CC1. The first-order valence-electron chi connectivity index (χ1n) is 10.2. The molecular formula is C22H25N3OS2. The molecule has 2 aliphatic rings. The van der Waals surface area contributed by atoms with E-state index in [1.807, 2.05) is 0 Å². The fourth-order valence-electron chi connectivity index (χ4n) is 4.36. The van der Waals surface area contributed by atoms with Gasteiger partial charge in [0, 0.05) is 16.2 Å². The van der Waals surface area contributed by atoms with Gasteiger partial charge < -0.3 is 9.88 Å². The topological polar surface area (TPSA) is 49.0 Å². The quantitative estimate of drug-likeness (QED) is 0.634. The second-order valence-corrected chi connectivity index (χ2v) is 10.2. The smallest absolute Gasteiger partial charge is 0.260 e. The molecule has 1 aliphatic carbocycles. The molecular weight excluding hydrogens is 386 g/mol. The van der Waals surface area contributed by atoms with Gasteiger partial charge in [-0.1, -0.05) is 30.0 Å². The third-order valence-electron chi connectivity index (χ3n) is 6.03. The minimum atomic E-state index is -0.00519. The van der Waals surface area contributed by atoms with Crippen molar-refractivity contribution < 1.29 is 0 Å². The largest absolute Gasteiger partial charge is 0.306 e. The molecule has 1 N–H and O–H groups in total. The summed E-state index contributed by atoms with van der Waals surface area (Å²) in [5.41, 5.74) is 5.09. The summed E-state index contributed by atoms with van der Waals surface area (Å²) in [6, 6.07) is 6.71. The van der Waals surface area contributed by atoms with Crippen molar-refractivity contribution in [1.29, 1.82) is 0 Å². The summed E-state index contributed by atoms with van der Waals surface area (Å²) in [7, 11) is 2.17. The average molecular weight is 412 g/mol. The number of aromatic nitrogens is 2. The van der Waals surface area contributed by atoms with Gasteiger partial charge in [-0.2, -0.15) is 0 Å². The zero-order chi connectivity index (χ0) is 19.1. The summed E-state index contributed by atoms with van der Waals surface area (Å²) in [6.45, 7) is 2.23. The Morgan fingerprint density at radius 1 is 1.18 bits per heavy atom. The van der Waals surface area contributed by atoms with E-state index >= 15 is 0 Å². The maximum absolute atomic E-state index is 12.9. The Kier molecular flexibility index (Phi) is 5.03. The Balaban J connectivity index is 1.46. The van der Waals surface area contributed by atoms with Crippen molar-refractivity contribution in [3.63, 3.8) is 0 Å². The number of nitrogens with one attached hydrogen (secondary N) is 1. The molecule has 3 heterocycles. The van der Waals surface area contributed by atoms with Gasteiger partial charge in [-0.3, -0.25) is 4.79 Å². The minimum Gasteiger partial charge on any atom is -0.306 e. The Labute approximate surface area is 173 Å². The van der Waals surface area contributed by atoms with Crippen LogP contribution in [0.25, 0.3) is 21.3 Å². The monoisotopic (exact) mass is 411 g/mol. The summed E-state index contributed by atoms with van der Waals surface area (Å²) in [5, 5.41) is 4.15. The normalized spacial score (nSPS) is 18.5.